The Bertz CT molecular complexity index is 952. The van der Waals surface area contributed by atoms with Gasteiger partial charge in [-0.3, -0.25) is 4.72 Å². The average molecular weight is 448 g/mol. The molecule has 0 saturated carbocycles. The maximum atomic E-state index is 12.9. The minimum absolute atomic E-state index is 0. The van der Waals surface area contributed by atoms with Gasteiger partial charge in [-0.15, -0.1) is 12.4 Å². The van der Waals surface area contributed by atoms with Crippen molar-refractivity contribution < 1.29 is 21.9 Å². The predicted molar refractivity (Wildman–Crippen MR) is 112 cm³/mol. The lowest BCUT2D eigenvalue weighted by Gasteiger charge is -2.31. The molecule has 10 heteroatoms. The number of alkyl halides is 2. The van der Waals surface area contributed by atoms with Gasteiger partial charge in [0.25, 0.3) is 10.0 Å². The number of aryl methyl sites for hydroxylation is 2. The summed E-state index contributed by atoms with van der Waals surface area (Å²) in [4.78, 5) is 2.19. The number of nitrogens with one attached hydrogen (secondary N) is 2. The fraction of sp³-hybridized carbons (Fsp3) is 0.368. The molecule has 1 fully saturated rings. The van der Waals surface area contributed by atoms with E-state index in [1.54, 1.807) is 25.1 Å². The van der Waals surface area contributed by atoms with E-state index in [-0.39, 0.29) is 28.7 Å². The maximum Gasteiger partial charge on any atom is 0.387 e. The van der Waals surface area contributed by atoms with Crippen molar-refractivity contribution in [2.24, 2.45) is 0 Å². The third-order valence-corrected chi connectivity index (χ3v) is 5.91. The number of halogens is 3. The summed E-state index contributed by atoms with van der Waals surface area (Å²) in [6, 6.07) is 9.23. The number of ether oxygens (including phenoxy) is 1. The smallest absolute Gasteiger partial charge is 0.387 e. The number of hydrogen-bond acceptors (Lipinski definition) is 5. The summed E-state index contributed by atoms with van der Waals surface area (Å²) >= 11 is 0. The first kappa shape index (κ1) is 23.2. The van der Waals surface area contributed by atoms with Crippen LogP contribution in [0, 0.1) is 13.8 Å². The van der Waals surface area contributed by atoms with E-state index < -0.39 is 16.6 Å². The molecule has 2 N–H and O–H groups in total. The second kappa shape index (κ2) is 9.60. The molecule has 0 amide bonds. The molecule has 1 aliphatic rings. The number of piperazine rings is 1. The molecule has 0 bridgehead atoms. The van der Waals surface area contributed by atoms with Crippen LogP contribution in [-0.4, -0.2) is 41.2 Å². The van der Waals surface area contributed by atoms with E-state index in [1.165, 1.54) is 18.2 Å². The van der Waals surface area contributed by atoms with Crippen molar-refractivity contribution >= 4 is 33.8 Å². The number of hydrogen-bond donors (Lipinski definition) is 2. The van der Waals surface area contributed by atoms with E-state index in [2.05, 4.69) is 19.7 Å². The fourth-order valence-electron chi connectivity index (χ4n) is 3.13. The summed E-state index contributed by atoms with van der Waals surface area (Å²) in [5, 5.41) is 3.26. The molecule has 29 heavy (non-hydrogen) atoms. The lowest BCUT2D eigenvalue weighted by Crippen LogP contribution is -2.43. The van der Waals surface area contributed by atoms with Crippen molar-refractivity contribution in [2.45, 2.75) is 25.4 Å². The SMILES string of the molecule is Cc1ccc(OC(F)F)c(NS(=O)(=O)c2ccc(C)c(N3CCNCC3)c2)c1.Cl. The summed E-state index contributed by atoms with van der Waals surface area (Å²) in [5.74, 6) is -0.224. The number of rotatable bonds is 6. The average Bonchev–Trinajstić information content (AvgIpc) is 2.64. The van der Waals surface area contributed by atoms with Gasteiger partial charge >= 0.3 is 6.61 Å². The highest BCUT2D eigenvalue weighted by atomic mass is 35.5. The Balaban J connectivity index is 0.00000300. The number of benzene rings is 2. The van der Waals surface area contributed by atoms with Crippen LogP contribution in [0.3, 0.4) is 0 Å². The van der Waals surface area contributed by atoms with Crippen LogP contribution in [-0.2, 0) is 10.0 Å². The Hall–Kier alpha value is -2.10. The largest absolute Gasteiger partial charge is 0.433 e. The van der Waals surface area contributed by atoms with Crippen molar-refractivity contribution in [1.82, 2.24) is 5.32 Å². The zero-order chi connectivity index (χ0) is 20.3. The lowest BCUT2D eigenvalue weighted by atomic mass is 10.1. The van der Waals surface area contributed by atoms with Crippen LogP contribution in [0.5, 0.6) is 5.75 Å². The van der Waals surface area contributed by atoms with Crippen molar-refractivity contribution in [3.05, 3.63) is 47.5 Å². The van der Waals surface area contributed by atoms with E-state index in [9.17, 15) is 17.2 Å². The molecule has 1 saturated heterocycles. The molecule has 160 valence electrons. The molecular formula is C19H24ClF2N3O3S. The van der Waals surface area contributed by atoms with Crippen molar-refractivity contribution in [2.75, 3.05) is 35.8 Å². The maximum absolute atomic E-state index is 12.9. The van der Waals surface area contributed by atoms with Gasteiger partial charge in [-0.1, -0.05) is 12.1 Å². The molecule has 0 aromatic heterocycles. The van der Waals surface area contributed by atoms with Crippen molar-refractivity contribution in [3.63, 3.8) is 0 Å². The number of nitrogens with zero attached hydrogens (tertiary/aromatic N) is 1. The van der Waals surface area contributed by atoms with Gasteiger partial charge in [-0.25, -0.2) is 8.42 Å². The lowest BCUT2D eigenvalue weighted by molar-refractivity contribution is -0.0493. The normalized spacial score (nSPS) is 14.4. The molecule has 1 aliphatic heterocycles. The van der Waals surface area contributed by atoms with Crippen molar-refractivity contribution in [3.8, 4) is 5.75 Å². The number of sulfonamides is 1. The minimum atomic E-state index is -3.98. The van der Waals surface area contributed by atoms with E-state index in [0.717, 1.165) is 37.4 Å². The Morgan fingerprint density at radius 2 is 1.79 bits per heavy atom. The highest BCUT2D eigenvalue weighted by Crippen LogP contribution is 2.31. The summed E-state index contributed by atoms with van der Waals surface area (Å²) < 4.78 is 58.0. The first-order chi connectivity index (χ1) is 13.3. The number of anilines is 2. The molecule has 0 spiro atoms. The molecule has 0 aliphatic carbocycles. The molecule has 2 aromatic rings. The Morgan fingerprint density at radius 3 is 2.45 bits per heavy atom. The zero-order valence-corrected chi connectivity index (χ0v) is 17.7. The van der Waals surface area contributed by atoms with Gasteiger partial charge in [-0.2, -0.15) is 8.78 Å². The fourth-order valence-corrected chi connectivity index (χ4v) is 4.21. The quantitative estimate of drug-likeness (QED) is 0.708. The van der Waals surface area contributed by atoms with E-state index in [0.29, 0.717) is 5.56 Å². The third kappa shape index (κ3) is 5.71. The van der Waals surface area contributed by atoms with Gasteiger partial charge in [0, 0.05) is 31.9 Å². The molecule has 6 nitrogen and oxygen atoms in total. The van der Waals surface area contributed by atoms with E-state index in [4.69, 9.17) is 0 Å². The predicted octanol–water partition coefficient (Wildman–Crippen LogP) is 3.54. The first-order valence-electron chi connectivity index (χ1n) is 8.91. The van der Waals surface area contributed by atoms with Crippen LogP contribution < -0.4 is 19.7 Å². The summed E-state index contributed by atoms with van der Waals surface area (Å²) in [6.07, 6.45) is 0. The Morgan fingerprint density at radius 1 is 1.10 bits per heavy atom. The van der Waals surface area contributed by atoms with Crippen LogP contribution in [0.25, 0.3) is 0 Å². The minimum Gasteiger partial charge on any atom is -0.433 e. The van der Waals surface area contributed by atoms with Gasteiger partial charge in [0.1, 0.15) is 5.75 Å². The van der Waals surface area contributed by atoms with Crippen LogP contribution in [0.2, 0.25) is 0 Å². The Labute approximate surface area is 175 Å². The van der Waals surface area contributed by atoms with E-state index >= 15 is 0 Å². The second-order valence-electron chi connectivity index (χ2n) is 6.67. The van der Waals surface area contributed by atoms with E-state index in [1.807, 2.05) is 6.92 Å². The van der Waals surface area contributed by atoms with Gasteiger partial charge in [0.2, 0.25) is 0 Å². The first-order valence-corrected chi connectivity index (χ1v) is 10.4. The molecule has 3 rings (SSSR count). The monoisotopic (exact) mass is 447 g/mol. The molecule has 1 heterocycles. The highest BCUT2D eigenvalue weighted by molar-refractivity contribution is 7.92. The molecule has 0 radical (unpaired) electrons. The second-order valence-corrected chi connectivity index (χ2v) is 8.35. The van der Waals surface area contributed by atoms with Gasteiger partial charge in [-0.05, 0) is 49.2 Å². The molecule has 0 atom stereocenters. The highest BCUT2D eigenvalue weighted by Gasteiger charge is 2.21. The van der Waals surface area contributed by atoms with Gasteiger partial charge < -0.3 is 15.0 Å². The van der Waals surface area contributed by atoms with Crippen LogP contribution in [0.1, 0.15) is 11.1 Å². The summed E-state index contributed by atoms with van der Waals surface area (Å²) in [6.45, 7) is 3.82. The topological polar surface area (TPSA) is 70.7 Å². The molecule has 0 unspecified atom stereocenters. The van der Waals surface area contributed by atoms with Crippen LogP contribution >= 0.6 is 12.4 Å². The molecule has 2 aromatic carbocycles. The third-order valence-electron chi connectivity index (χ3n) is 4.54. The van der Waals surface area contributed by atoms with Crippen LogP contribution in [0.15, 0.2) is 41.3 Å². The van der Waals surface area contributed by atoms with Gasteiger partial charge in [0.05, 0.1) is 10.6 Å². The van der Waals surface area contributed by atoms with Gasteiger partial charge in [0.15, 0.2) is 0 Å². The van der Waals surface area contributed by atoms with Crippen LogP contribution in [0.4, 0.5) is 20.2 Å². The summed E-state index contributed by atoms with van der Waals surface area (Å²) in [5.41, 5.74) is 2.50. The Kier molecular flexibility index (Phi) is 7.67. The zero-order valence-electron chi connectivity index (χ0n) is 16.1. The summed E-state index contributed by atoms with van der Waals surface area (Å²) in [7, 11) is -3.98. The molecular weight excluding hydrogens is 424 g/mol. The standard InChI is InChI=1S/C19H23F2N3O3S.ClH/c1-13-3-6-18(27-19(20)21)16(11-13)23-28(25,26)15-5-4-14(2)17(12-15)24-9-7-22-8-10-24;/h3-6,11-12,19,22-23H,7-10H2,1-2H3;1H. The van der Waals surface area contributed by atoms with Crippen molar-refractivity contribution in [1.29, 1.82) is 0 Å².